The van der Waals surface area contributed by atoms with Gasteiger partial charge in [0.1, 0.15) is 12.4 Å². The molecule has 54 heavy (non-hydrogen) atoms. The van der Waals surface area contributed by atoms with Crippen LogP contribution in [0.1, 0.15) is 105 Å². The average molecular weight is 730 g/mol. The Bertz CT molecular complexity index is 2070. The van der Waals surface area contributed by atoms with E-state index in [0.29, 0.717) is 50.1 Å². The summed E-state index contributed by atoms with van der Waals surface area (Å²) in [7, 11) is 0. The van der Waals surface area contributed by atoms with E-state index in [9.17, 15) is 10.2 Å². The summed E-state index contributed by atoms with van der Waals surface area (Å²) in [6.07, 6.45) is 18.3. The van der Waals surface area contributed by atoms with E-state index in [1.165, 1.54) is 23.1 Å². The molecule has 1 saturated heterocycles. The Labute approximate surface area is 319 Å². The highest BCUT2D eigenvalue weighted by atomic mass is 16.5. The van der Waals surface area contributed by atoms with E-state index < -0.39 is 6.10 Å². The monoisotopic (exact) mass is 729 g/mol. The average Bonchev–Trinajstić information content (AvgIpc) is 3.63. The van der Waals surface area contributed by atoms with Gasteiger partial charge < -0.3 is 40.0 Å². The van der Waals surface area contributed by atoms with Crippen LogP contribution in [0.3, 0.4) is 0 Å². The zero-order valence-corrected chi connectivity index (χ0v) is 31.5. The van der Waals surface area contributed by atoms with E-state index in [4.69, 9.17) is 19.9 Å². The van der Waals surface area contributed by atoms with Crippen molar-refractivity contribution in [3.8, 4) is 11.5 Å². The number of hydrogen-bond donors (Lipinski definition) is 4. The van der Waals surface area contributed by atoms with Crippen molar-refractivity contribution in [3.63, 3.8) is 0 Å². The number of aromatic hydroxyl groups is 1. The highest BCUT2D eigenvalue weighted by molar-refractivity contribution is 5.88. The van der Waals surface area contributed by atoms with Crippen molar-refractivity contribution in [3.05, 3.63) is 113 Å². The maximum Gasteiger partial charge on any atom is 0.161 e. The largest absolute Gasteiger partial charge is 0.504 e. The molecule has 7 unspecified atom stereocenters. The molecule has 5 aliphatic rings. The predicted molar refractivity (Wildman–Crippen MR) is 212 cm³/mol. The van der Waals surface area contributed by atoms with Gasteiger partial charge in [-0.3, -0.25) is 0 Å². The number of unbranched alkanes of at least 4 members (excludes halogenated alkanes) is 2. The number of benzene rings is 3. The van der Waals surface area contributed by atoms with Gasteiger partial charge >= 0.3 is 0 Å². The molecule has 1 saturated carbocycles. The van der Waals surface area contributed by atoms with Crippen molar-refractivity contribution in [1.29, 1.82) is 0 Å². The molecule has 0 radical (unpaired) electrons. The number of nitrogens with two attached hydrogens (primary N) is 1. The van der Waals surface area contributed by atoms with Crippen LogP contribution in [0.2, 0.25) is 0 Å². The number of dihydropyridines is 1. The third-order valence-electron chi connectivity index (χ3n) is 13.2. The Morgan fingerprint density at radius 2 is 1.89 bits per heavy atom. The van der Waals surface area contributed by atoms with Gasteiger partial charge in [0.2, 0.25) is 0 Å². The van der Waals surface area contributed by atoms with Gasteiger partial charge in [0.05, 0.1) is 31.1 Å². The van der Waals surface area contributed by atoms with Crippen molar-refractivity contribution >= 4 is 16.6 Å². The lowest BCUT2D eigenvalue weighted by atomic mass is 9.51. The molecule has 3 aromatic carbocycles. The highest BCUT2D eigenvalue weighted by Crippen LogP contribution is 2.60. The number of aryl methyl sites for hydroxylation is 1. The van der Waals surface area contributed by atoms with Crippen molar-refractivity contribution in [2.75, 3.05) is 13.2 Å². The number of nitrogens with zero attached hydrogens (tertiary/aromatic N) is 1. The second kappa shape index (κ2) is 14.9. The first-order valence-corrected chi connectivity index (χ1v) is 20.4. The van der Waals surface area contributed by atoms with E-state index in [1.54, 1.807) is 6.07 Å². The Morgan fingerprint density at radius 1 is 0.981 bits per heavy atom. The molecule has 4 aromatic rings. The number of fused-ring (bicyclic) bond motifs is 8. The molecule has 0 amide bonds. The molecule has 7 atom stereocenters. The van der Waals surface area contributed by atoms with Crippen LogP contribution < -0.4 is 15.8 Å². The van der Waals surface area contributed by atoms with Crippen LogP contribution in [0.4, 0.5) is 0 Å². The number of aliphatic hydroxyl groups is 1. The van der Waals surface area contributed by atoms with Gasteiger partial charge in [-0.1, -0.05) is 68.7 Å². The first kappa shape index (κ1) is 35.6. The van der Waals surface area contributed by atoms with Crippen LogP contribution in [0, 0.1) is 5.92 Å². The molecule has 1 aromatic heterocycles. The minimum Gasteiger partial charge on any atom is -0.504 e. The van der Waals surface area contributed by atoms with Gasteiger partial charge in [0.15, 0.2) is 11.5 Å². The molecule has 284 valence electrons. The molecule has 2 aliphatic carbocycles. The smallest absolute Gasteiger partial charge is 0.161 e. The number of rotatable bonds is 5. The summed E-state index contributed by atoms with van der Waals surface area (Å²) in [4.78, 5) is 0. The molecule has 4 heterocycles. The van der Waals surface area contributed by atoms with Crippen LogP contribution in [0.5, 0.6) is 11.5 Å². The Kier molecular flexibility index (Phi) is 9.81. The minimum atomic E-state index is -0.508. The Hall–Kier alpha value is -4.08. The van der Waals surface area contributed by atoms with E-state index in [1.807, 2.05) is 18.2 Å². The third kappa shape index (κ3) is 6.55. The van der Waals surface area contributed by atoms with Gasteiger partial charge in [-0.25, -0.2) is 0 Å². The number of phenols is 1. The van der Waals surface area contributed by atoms with E-state index in [-0.39, 0.29) is 29.5 Å². The minimum absolute atomic E-state index is 0.0694. The summed E-state index contributed by atoms with van der Waals surface area (Å²) in [5.41, 5.74) is 13.7. The van der Waals surface area contributed by atoms with Crippen molar-refractivity contribution < 1.29 is 24.4 Å². The fourth-order valence-electron chi connectivity index (χ4n) is 10.4. The second-order valence-electron chi connectivity index (χ2n) is 16.5. The lowest BCUT2D eigenvalue weighted by molar-refractivity contribution is -0.0894. The van der Waals surface area contributed by atoms with Crippen molar-refractivity contribution in [1.82, 2.24) is 9.88 Å². The number of aromatic nitrogens is 1. The Balaban J connectivity index is 1.19. The maximum absolute atomic E-state index is 11.2. The molecular weight excluding hydrogens is 675 g/mol. The van der Waals surface area contributed by atoms with Gasteiger partial charge in [-0.2, -0.15) is 0 Å². The predicted octanol–water partition coefficient (Wildman–Crippen LogP) is 8.17. The molecule has 8 nitrogen and oxygen atoms in total. The third-order valence-corrected chi connectivity index (χ3v) is 13.2. The van der Waals surface area contributed by atoms with E-state index in [2.05, 4.69) is 71.7 Å². The molecule has 2 fully saturated rings. The normalized spacial score (nSPS) is 29.5. The lowest BCUT2D eigenvalue weighted by Crippen LogP contribution is -2.54. The highest BCUT2D eigenvalue weighted by Gasteiger charge is 2.55. The first-order valence-electron chi connectivity index (χ1n) is 20.4. The molecule has 6 bridgehead atoms. The topological polar surface area (TPSA) is 111 Å². The quantitative estimate of drug-likeness (QED) is 0.154. The fraction of sp³-hybridized carbons (Fsp3) is 0.478. The van der Waals surface area contributed by atoms with Crippen LogP contribution in [-0.4, -0.2) is 52.5 Å². The second-order valence-corrected chi connectivity index (χ2v) is 16.5. The molecule has 9 rings (SSSR count). The van der Waals surface area contributed by atoms with E-state index >= 15 is 0 Å². The van der Waals surface area contributed by atoms with Gasteiger partial charge in [-0.05, 0) is 115 Å². The van der Waals surface area contributed by atoms with Crippen LogP contribution >= 0.6 is 0 Å². The van der Waals surface area contributed by atoms with Crippen molar-refractivity contribution in [2.24, 2.45) is 11.7 Å². The zero-order chi connectivity index (χ0) is 36.8. The van der Waals surface area contributed by atoms with Crippen molar-refractivity contribution in [2.45, 2.75) is 120 Å². The van der Waals surface area contributed by atoms with Crippen LogP contribution in [0.15, 0.2) is 84.7 Å². The molecular formula is C46H55N3O5. The number of aliphatic hydroxyl groups excluding tert-OH is 1. The standard InChI is InChI=1S/C46H55N3O5/c1-2-3-4-7-36-24-35(50)14-10-29-11-15-41(51)43(20-29)54-28-33-22-34(21-32-25-49(26-38(32)33)45-31(27-53-36)13-17-44(47)48-45)46-18-19-52-42-16-12-30(23-40(42)46)37-8-5-6-9-39(37)46/h5-6,8-9,11,13,15,17,20-22,25-26,30,35-36,40,42,44,48,50-51H,2-4,7,10,12,14,16,18-19,23-24,27-28,47H2,1H3. The summed E-state index contributed by atoms with van der Waals surface area (Å²) in [5.74, 6) is 2.45. The summed E-state index contributed by atoms with van der Waals surface area (Å²) >= 11 is 0. The van der Waals surface area contributed by atoms with Crippen LogP contribution in [0.25, 0.3) is 16.6 Å². The summed E-state index contributed by atoms with van der Waals surface area (Å²) in [5, 5.41) is 28.0. The molecule has 3 aliphatic heterocycles. The number of hydrogen-bond acceptors (Lipinski definition) is 7. The molecule has 8 heteroatoms. The van der Waals surface area contributed by atoms with Gasteiger partial charge in [0, 0.05) is 40.8 Å². The van der Waals surface area contributed by atoms with Crippen LogP contribution in [-0.2, 0) is 27.9 Å². The van der Waals surface area contributed by atoms with E-state index in [0.717, 1.165) is 84.8 Å². The number of phenolic OH excluding ortho intramolecular Hbond substituents is 1. The summed E-state index contributed by atoms with van der Waals surface area (Å²) in [6.45, 7) is 3.66. The number of ether oxygens (including phenoxy) is 3. The Morgan fingerprint density at radius 3 is 2.80 bits per heavy atom. The first-order chi connectivity index (χ1) is 26.4. The van der Waals surface area contributed by atoms with Gasteiger partial charge in [-0.15, -0.1) is 0 Å². The molecule has 5 N–H and O–H groups in total. The fourth-order valence-corrected chi connectivity index (χ4v) is 10.4. The van der Waals surface area contributed by atoms with Gasteiger partial charge in [0.25, 0.3) is 0 Å². The molecule has 0 spiro atoms. The summed E-state index contributed by atoms with van der Waals surface area (Å²) < 4.78 is 21.9. The zero-order valence-electron chi connectivity index (χ0n) is 31.5. The summed E-state index contributed by atoms with van der Waals surface area (Å²) in [6, 6.07) is 19.6. The number of nitrogens with one attached hydrogen (secondary N) is 1. The lowest BCUT2D eigenvalue weighted by Gasteiger charge is -2.56. The maximum atomic E-state index is 11.2. The SMILES string of the molecule is CCCCCC1CC(O)CCc2ccc(O)c(c2)OCc2cc(C34CCOC5CCC(CC53)c3ccccc34)cc3cn(cc23)C2=C(C=CC(N)N2)CO1.